The van der Waals surface area contributed by atoms with Crippen molar-refractivity contribution in [3.63, 3.8) is 0 Å². The third-order valence-electron chi connectivity index (χ3n) is 1.63. The molecule has 0 bridgehead atoms. The number of halogens is 1. The highest BCUT2D eigenvalue weighted by atomic mass is 79.9. The first-order valence-corrected chi connectivity index (χ1v) is 5.78. The molecule has 16 heavy (non-hydrogen) atoms. The van der Waals surface area contributed by atoms with Crippen LogP contribution >= 0.6 is 27.3 Å². The molecule has 82 valence electrons. The second-order valence-electron chi connectivity index (χ2n) is 2.73. The Morgan fingerprint density at radius 1 is 1.50 bits per heavy atom. The number of rotatable bonds is 2. The molecule has 2 aromatic heterocycles. The number of nitrogen functional groups attached to an aromatic ring is 1. The van der Waals surface area contributed by atoms with Crippen LogP contribution in [0.1, 0.15) is 9.80 Å². The number of pyridine rings is 1. The molecule has 0 radical (unpaired) electrons. The molecule has 6 nitrogen and oxygen atoms in total. The molecule has 0 saturated carbocycles. The maximum atomic E-state index is 11.7. The van der Waals surface area contributed by atoms with Crippen molar-refractivity contribution in [3.8, 4) is 0 Å². The minimum absolute atomic E-state index is 0.204. The van der Waals surface area contributed by atoms with Crippen molar-refractivity contribution < 1.29 is 4.79 Å². The molecule has 0 aliphatic rings. The number of carbonyl (C=O) groups excluding carboxylic acids is 1. The van der Waals surface area contributed by atoms with Gasteiger partial charge in [-0.3, -0.25) is 4.79 Å². The molecule has 1 amide bonds. The fourth-order valence-corrected chi connectivity index (χ4v) is 1.82. The Labute approximate surface area is 103 Å². The Bertz CT molecular complexity index is 529. The summed E-state index contributed by atoms with van der Waals surface area (Å²) in [4.78, 5) is 15.7. The van der Waals surface area contributed by atoms with Crippen molar-refractivity contribution in [1.29, 1.82) is 0 Å². The number of hydrogen-bond acceptors (Lipinski definition) is 6. The van der Waals surface area contributed by atoms with E-state index >= 15 is 0 Å². The molecule has 2 heterocycles. The third-order valence-corrected chi connectivity index (χ3v) is 3.02. The van der Waals surface area contributed by atoms with Gasteiger partial charge >= 0.3 is 0 Å². The summed E-state index contributed by atoms with van der Waals surface area (Å²) in [6.07, 6.45) is 1.58. The van der Waals surface area contributed by atoms with Crippen molar-refractivity contribution >= 4 is 44.1 Å². The van der Waals surface area contributed by atoms with Crippen molar-refractivity contribution in [3.05, 3.63) is 27.8 Å². The van der Waals surface area contributed by atoms with E-state index in [9.17, 15) is 4.79 Å². The molecule has 0 saturated heterocycles. The van der Waals surface area contributed by atoms with Crippen LogP contribution < -0.4 is 11.1 Å². The van der Waals surface area contributed by atoms with Crippen molar-refractivity contribution in [1.82, 2.24) is 15.2 Å². The molecule has 2 rings (SSSR count). The molecule has 0 aliphatic heterocycles. The first-order valence-electron chi connectivity index (χ1n) is 4.17. The lowest BCUT2D eigenvalue weighted by Crippen LogP contribution is -2.13. The monoisotopic (exact) mass is 299 g/mol. The molecule has 0 aliphatic carbocycles. The zero-order chi connectivity index (χ0) is 11.5. The SMILES string of the molecule is Nc1nnc(C(=O)Nc2ncccc2Br)s1. The van der Waals surface area contributed by atoms with Crippen LogP contribution in [-0.2, 0) is 0 Å². The van der Waals surface area contributed by atoms with E-state index in [4.69, 9.17) is 5.73 Å². The van der Waals surface area contributed by atoms with Gasteiger partial charge < -0.3 is 11.1 Å². The smallest absolute Gasteiger partial charge is 0.287 e. The van der Waals surface area contributed by atoms with Gasteiger partial charge in [0.2, 0.25) is 10.1 Å². The quantitative estimate of drug-likeness (QED) is 0.877. The Hall–Kier alpha value is -1.54. The number of amides is 1. The summed E-state index contributed by atoms with van der Waals surface area (Å²) in [6, 6.07) is 3.53. The van der Waals surface area contributed by atoms with Gasteiger partial charge in [0, 0.05) is 6.20 Å². The highest BCUT2D eigenvalue weighted by Crippen LogP contribution is 2.20. The van der Waals surface area contributed by atoms with Crippen molar-refractivity contribution in [2.75, 3.05) is 11.1 Å². The van der Waals surface area contributed by atoms with Crippen LogP contribution in [0, 0.1) is 0 Å². The van der Waals surface area contributed by atoms with Crippen LogP contribution in [0.25, 0.3) is 0 Å². The van der Waals surface area contributed by atoms with Gasteiger partial charge in [-0.1, -0.05) is 11.3 Å². The molecule has 0 atom stereocenters. The summed E-state index contributed by atoms with van der Waals surface area (Å²) in [5, 5.41) is 10.2. The molecule has 0 spiro atoms. The van der Waals surface area contributed by atoms with Crippen LogP contribution in [0.2, 0.25) is 0 Å². The highest BCUT2D eigenvalue weighted by molar-refractivity contribution is 9.10. The number of carbonyl (C=O) groups is 1. The van der Waals surface area contributed by atoms with Gasteiger partial charge in [0.15, 0.2) is 0 Å². The van der Waals surface area contributed by atoms with Gasteiger partial charge in [-0.25, -0.2) is 4.98 Å². The number of hydrogen-bond donors (Lipinski definition) is 2. The minimum atomic E-state index is -0.381. The average molecular weight is 300 g/mol. The standard InChI is InChI=1S/C8H6BrN5OS/c9-4-2-1-3-11-5(4)12-6(15)7-13-14-8(10)16-7/h1-3H,(H2,10,14)(H,11,12,15). The topological polar surface area (TPSA) is 93.8 Å². The molecule has 3 N–H and O–H groups in total. The molecular formula is C8H6BrN5OS. The molecule has 2 aromatic rings. The predicted octanol–water partition coefficient (Wildman–Crippen LogP) is 1.53. The van der Waals surface area contributed by atoms with Crippen LogP contribution in [-0.4, -0.2) is 21.1 Å². The second-order valence-corrected chi connectivity index (χ2v) is 4.60. The van der Waals surface area contributed by atoms with E-state index in [0.717, 1.165) is 11.3 Å². The van der Waals surface area contributed by atoms with Gasteiger partial charge in [0.25, 0.3) is 5.91 Å². The van der Waals surface area contributed by atoms with Gasteiger partial charge in [-0.2, -0.15) is 0 Å². The zero-order valence-electron chi connectivity index (χ0n) is 7.85. The Kier molecular flexibility index (Phi) is 3.11. The van der Waals surface area contributed by atoms with Gasteiger partial charge in [-0.15, -0.1) is 10.2 Å². The van der Waals surface area contributed by atoms with E-state index in [-0.39, 0.29) is 16.0 Å². The highest BCUT2D eigenvalue weighted by Gasteiger charge is 2.13. The first kappa shape index (κ1) is 11.0. The normalized spacial score (nSPS) is 10.1. The molecule has 0 aromatic carbocycles. The van der Waals surface area contributed by atoms with Crippen LogP contribution in [0.4, 0.5) is 10.9 Å². The molecule has 0 unspecified atom stereocenters. The number of nitrogens with two attached hydrogens (primary N) is 1. The fraction of sp³-hybridized carbons (Fsp3) is 0. The van der Waals surface area contributed by atoms with E-state index in [0.29, 0.717) is 10.3 Å². The first-order chi connectivity index (χ1) is 7.66. The van der Waals surface area contributed by atoms with Gasteiger partial charge in [0.05, 0.1) is 4.47 Å². The maximum absolute atomic E-state index is 11.7. The second kappa shape index (κ2) is 4.54. The maximum Gasteiger partial charge on any atom is 0.287 e. The Morgan fingerprint density at radius 2 is 2.31 bits per heavy atom. The van der Waals surface area contributed by atoms with Crippen LogP contribution in [0.5, 0.6) is 0 Å². The predicted molar refractivity (Wildman–Crippen MR) is 64.2 cm³/mol. The van der Waals surface area contributed by atoms with Gasteiger partial charge in [0.1, 0.15) is 5.82 Å². The summed E-state index contributed by atoms with van der Waals surface area (Å²) in [7, 11) is 0. The summed E-state index contributed by atoms with van der Waals surface area (Å²) in [5.74, 6) is 0.0508. The van der Waals surface area contributed by atoms with E-state index in [2.05, 4.69) is 36.4 Å². The average Bonchev–Trinajstić information content (AvgIpc) is 2.68. The van der Waals surface area contributed by atoms with Crippen LogP contribution in [0.3, 0.4) is 0 Å². The van der Waals surface area contributed by atoms with Crippen molar-refractivity contribution in [2.24, 2.45) is 0 Å². The lowest BCUT2D eigenvalue weighted by Gasteiger charge is -2.02. The van der Waals surface area contributed by atoms with Gasteiger partial charge in [-0.05, 0) is 28.1 Å². The summed E-state index contributed by atoms with van der Waals surface area (Å²) in [6.45, 7) is 0. The number of aromatic nitrogens is 3. The van der Waals surface area contributed by atoms with E-state index in [1.807, 2.05) is 0 Å². The Balaban J connectivity index is 2.17. The zero-order valence-corrected chi connectivity index (χ0v) is 10.2. The third kappa shape index (κ3) is 2.34. The Morgan fingerprint density at radius 3 is 2.94 bits per heavy atom. The largest absolute Gasteiger partial charge is 0.374 e. The van der Waals surface area contributed by atoms with E-state index < -0.39 is 0 Å². The number of nitrogens with zero attached hydrogens (tertiary/aromatic N) is 3. The van der Waals surface area contributed by atoms with Crippen LogP contribution in [0.15, 0.2) is 22.8 Å². The molecular weight excluding hydrogens is 294 g/mol. The summed E-state index contributed by atoms with van der Waals surface area (Å²) >= 11 is 4.29. The number of anilines is 2. The summed E-state index contributed by atoms with van der Waals surface area (Å²) < 4.78 is 0.695. The lowest BCUT2D eigenvalue weighted by atomic mass is 10.4. The fourth-order valence-electron chi connectivity index (χ4n) is 0.965. The molecule has 8 heteroatoms. The lowest BCUT2D eigenvalue weighted by molar-refractivity contribution is 0.102. The molecule has 0 fully saturated rings. The van der Waals surface area contributed by atoms with Crippen molar-refractivity contribution in [2.45, 2.75) is 0 Å². The van der Waals surface area contributed by atoms with E-state index in [1.165, 1.54) is 0 Å². The minimum Gasteiger partial charge on any atom is -0.374 e. The van der Waals surface area contributed by atoms with E-state index in [1.54, 1.807) is 18.3 Å². The number of nitrogens with one attached hydrogen (secondary N) is 1. The summed E-state index contributed by atoms with van der Waals surface area (Å²) in [5.41, 5.74) is 5.38.